The fourth-order valence-corrected chi connectivity index (χ4v) is 2.62. The van der Waals surface area contributed by atoms with Gasteiger partial charge in [-0.25, -0.2) is 0 Å². The Balaban J connectivity index is 2.04. The molecule has 0 fully saturated rings. The van der Waals surface area contributed by atoms with E-state index in [4.69, 9.17) is 4.74 Å². The number of ether oxygens (including phenoxy) is 1. The predicted molar refractivity (Wildman–Crippen MR) is 88.8 cm³/mol. The van der Waals surface area contributed by atoms with E-state index in [2.05, 4.69) is 69.4 Å². The Morgan fingerprint density at radius 3 is 2.43 bits per heavy atom. The number of benzene rings is 2. The van der Waals surface area contributed by atoms with Crippen molar-refractivity contribution < 1.29 is 4.74 Å². The molecule has 0 spiro atoms. The minimum Gasteiger partial charge on any atom is -0.489 e. The van der Waals surface area contributed by atoms with E-state index < -0.39 is 0 Å². The van der Waals surface area contributed by atoms with Gasteiger partial charge in [-0.1, -0.05) is 48.4 Å². The maximum atomic E-state index is 5.94. The van der Waals surface area contributed by atoms with Crippen molar-refractivity contribution in [1.29, 1.82) is 0 Å². The van der Waals surface area contributed by atoms with E-state index in [1.807, 2.05) is 6.07 Å². The molecule has 0 bridgehead atoms. The van der Waals surface area contributed by atoms with Crippen LogP contribution in [0, 0.1) is 13.8 Å². The Labute approximate surface area is 128 Å². The first kappa shape index (κ1) is 15.6. The van der Waals surface area contributed by atoms with Gasteiger partial charge in [-0.3, -0.25) is 0 Å². The van der Waals surface area contributed by atoms with Crippen molar-refractivity contribution in [2.75, 3.05) is 6.54 Å². The highest BCUT2D eigenvalue weighted by Gasteiger charge is 2.05. The Bertz CT molecular complexity index is 572. The fourth-order valence-electron chi connectivity index (χ4n) is 2.62. The van der Waals surface area contributed by atoms with Gasteiger partial charge in [0.1, 0.15) is 12.4 Å². The van der Waals surface area contributed by atoms with Gasteiger partial charge in [0, 0.05) is 6.04 Å². The molecule has 1 N–H and O–H groups in total. The van der Waals surface area contributed by atoms with E-state index in [1.54, 1.807) is 0 Å². The van der Waals surface area contributed by atoms with Gasteiger partial charge in [-0.15, -0.1) is 0 Å². The van der Waals surface area contributed by atoms with Crippen LogP contribution in [-0.2, 0) is 6.61 Å². The first-order valence-corrected chi connectivity index (χ1v) is 7.62. The lowest BCUT2D eigenvalue weighted by atomic mass is 10.1. The van der Waals surface area contributed by atoms with Gasteiger partial charge in [0.15, 0.2) is 0 Å². The predicted octanol–water partition coefficient (Wildman–Crippen LogP) is 4.55. The highest BCUT2D eigenvalue weighted by molar-refractivity contribution is 5.32. The average Bonchev–Trinajstić information content (AvgIpc) is 2.45. The second-order valence-electron chi connectivity index (χ2n) is 5.64. The minimum atomic E-state index is 0.347. The first-order chi connectivity index (χ1) is 10.1. The van der Waals surface area contributed by atoms with Gasteiger partial charge in [0.2, 0.25) is 0 Å². The van der Waals surface area contributed by atoms with Gasteiger partial charge in [0.25, 0.3) is 0 Å². The van der Waals surface area contributed by atoms with E-state index in [1.165, 1.54) is 22.3 Å². The monoisotopic (exact) mass is 283 g/mol. The van der Waals surface area contributed by atoms with Gasteiger partial charge in [-0.2, -0.15) is 0 Å². The lowest BCUT2D eigenvalue weighted by molar-refractivity contribution is 0.305. The second kappa shape index (κ2) is 7.28. The molecule has 0 aliphatic carbocycles. The largest absolute Gasteiger partial charge is 0.489 e. The molecule has 2 aromatic rings. The number of hydrogen-bond donors (Lipinski definition) is 1. The van der Waals surface area contributed by atoms with E-state index in [9.17, 15) is 0 Å². The normalized spacial score (nSPS) is 12.2. The van der Waals surface area contributed by atoms with E-state index in [-0.39, 0.29) is 0 Å². The molecule has 2 rings (SSSR count). The van der Waals surface area contributed by atoms with Gasteiger partial charge in [0.05, 0.1) is 0 Å². The highest BCUT2D eigenvalue weighted by atomic mass is 16.5. The highest BCUT2D eigenvalue weighted by Crippen LogP contribution is 2.20. The summed E-state index contributed by atoms with van der Waals surface area (Å²) >= 11 is 0. The maximum Gasteiger partial charge on any atom is 0.120 e. The third-order valence-corrected chi connectivity index (χ3v) is 3.56. The van der Waals surface area contributed by atoms with Gasteiger partial charge in [-0.05, 0) is 50.6 Å². The summed E-state index contributed by atoms with van der Waals surface area (Å²) in [6.45, 7) is 10.1. The molecule has 2 nitrogen and oxygen atoms in total. The van der Waals surface area contributed by atoms with Crippen LogP contribution < -0.4 is 10.1 Å². The number of aryl methyl sites for hydroxylation is 2. The zero-order chi connectivity index (χ0) is 15.2. The third-order valence-electron chi connectivity index (χ3n) is 3.56. The van der Waals surface area contributed by atoms with Crippen LogP contribution in [0.3, 0.4) is 0 Å². The molecule has 0 radical (unpaired) electrons. The quantitative estimate of drug-likeness (QED) is 0.839. The van der Waals surface area contributed by atoms with E-state index >= 15 is 0 Å². The molecule has 0 saturated heterocycles. The molecule has 0 aliphatic rings. The smallest absolute Gasteiger partial charge is 0.120 e. The third kappa shape index (κ3) is 4.61. The molecule has 1 unspecified atom stereocenters. The summed E-state index contributed by atoms with van der Waals surface area (Å²) in [4.78, 5) is 0. The molecule has 112 valence electrons. The second-order valence-corrected chi connectivity index (χ2v) is 5.64. The van der Waals surface area contributed by atoms with Crippen molar-refractivity contribution in [1.82, 2.24) is 5.32 Å². The molecule has 1 atom stereocenters. The molecule has 21 heavy (non-hydrogen) atoms. The molecule has 0 aliphatic heterocycles. The van der Waals surface area contributed by atoms with Crippen molar-refractivity contribution in [3.8, 4) is 5.75 Å². The lowest BCUT2D eigenvalue weighted by Crippen LogP contribution is -2.17. The van der Waals surface area contributed by atoms with Crippen molar-refractivity contribution >= 4 is 0 Å². The average molecular weight is 283 g/mol. The molecule has 0 aromatic heterocycles. The Hall–Kier alpha value is -1.80. The fraction of sp³-hybridized carbons (Fsp3) is 0.368. The van der Waals surface area contributed by atoms with Gasteiger partial charge < -0.3 is 10.1 Å². The summed E-state index contributed by atoms with van der Waals surface area (Å²) < 4.78 is 5.94. The van der Waals surface area contributed by atoms with Crippen molar-refractivity contribution in [2.24, 2.45) is 0 Å². The van der Waals surface area contributed by atoms with Crippen LogP contribution in [0.25, 0.3) is 0 Å². The molecule has 2 heteroatoms. The first-order valence-electron chi connectivity index (χ1n) is 7.62. The Morgan fingerprint density at radius 2 is 1.76 bits per heavy atom. The summed E-state index contributed by atoms with van der Waals surface area (Å²) in [5.41, 5.74) is 5.04. The van der Waals surface area contributed by atoms with Crippen LogP contribution in [0.4, 0.5) is 0 Å². The minimum absolute atomic E-state index is 0.347. The summed E-state index contributed by atoms with van der Waals surface area (Å²) in [6, 6.07) is 15.2. The van der Waals surface area contributed by atoms with Crippen LogP contribution in [0.1, 0.15) is 42.1 Å². The SMILES string of the molecule is CCNC(C)c1cccc(OCc2cc(C)cc(C)c2)c1. The Kier molecular flexibility index (Phi) is 5.40. The van der Waals surface area contributed by atoms with Crippen LogP contribution in [0.15, 0.2) is 42.5 Å². The number of rotatable bonds is 6. The van der Waals surface area contributed by atoms with Crippen LogP contribution in [-0.4, -0.2) is 6.54 Å². The number of hydrogen-bond acceptors (Lipinski definition) is 2. The summed E-state index contributed by atoms with van der Waals surface area (Å²) in [6.07, 6.45) is 0. The van der Waals surface area contributed by atoms with Crippen LogP contribution >= 0.6 is 0 Å². The van der Waals surface area contributed by atoms with Crippen molar-refractivity contribution in [3.05, 3.63) is 64.7 Å². The van der Waals surface area contributed by atoms with Gasteiger partial charge >= 0.3 is 0 Å². The summed E-state index contributed by atoms with van der Waals surface area (Å²) in [7, 11) is 0. The molecule has 2 aromatic carbocycles. The van der Waals surface area contributed by atoms with Crippen LogP contribution in [0.2, 0.25) is 0 Å². The van der Waals surface area contributed by atoms with Crippen molar-refractivity contribution in [3.63, 3.8) is 0 Å². The van der Waals surface area contributed by atoms with E-state index in [0.29, 0.717) is 12.6 Å². The molecule has 0 saturated carbocycles. The van der Waals surface area contributed by atoms with Crippen molar-refractivity contribution in [2.45, 2.75) is 40.3 Å². The lowest BCUT2D eigenvalue weighted by Gasteiger charge is -2.14. The summed E-state index contributed by atoms with van der Waals surface area (Å²) in [5.74, 6) is 0.927. The van der Waals surface area contributed by atoms with E-state index in [0.717, 1.165) is 12.3 Å². The number of nitrogens with one attached hydrogen (secondary N) is 1. The zero-order valence-electron chi connectivity index (χ0n) is 13.4. The molecular weight excluding hydrogens is 258 g/mol. The maximum absolute atomic E-state index is 5.94. The standard InChI is InChI=1S/C19H25NO/c1-5-20-16(4)18-7-6-8-19(12-18)21-13-17-10-14(2)9-15(3)11-17/h6-12,16,20H,5,13H2,1-4H3. The topological polar surface area (TPSA) is 21.3 Å². The van der Waals surface area contributed by atoms with Crippen LogP contribution in [0.5, 0.6) is 5.75 Å². The zero-order valence-corrected chi connectivity index (χ0v) is 13.4. The molecule has 0 heterocycles. The molecule has 0 amide bonds. The summed E-state index contributed by atoms with van der Waals surface area (Å²) in [5, 5.41) is 3.42. The Morgan fingerprint density at radius 1 is 1.05 bits per heavy atom. The molecular formula is C19H25NO.